The highest BCUT2D eigenvalue weighted by molar-refractivity contribution is 6.05. The fourth-order valence-corrected chi connectivity index (χ4v) is 3.57. The van der Waals surface area contributed by atoms with E-state index in [1.165, 1.54) is 0 Å². The van der Waals surface area contributed by atoms with E-state index in [1.54, 1.807) is 7.11 Å². The summed E-state index contributed by atoms with van der Waals surface area (Å²) in [4.78, 5) is 4.98. The van der Waals surface area contributed by atoms with E-state index in [2.05, 4.69) is 66.2 Å². The van der Waals surface area contributed by atoms with Crippen molar-refractivity contribution in [2.75, 3.05) is 25.6 Å². The number of ether oxygens (including phenoxy) is 1. The molecule has 1 aliphatic heterocycles. The molecule has 2 atom stereocenters. The number of benzene rings is 2. The quantitative estimate of drug-likeness (QED) is 0.552. The lowest BCUT2D eigenvalue weighted by atomic mass is 10.1. The van der Waals surface area contributed by atoms with Crippen molar-refractivity contribution in [3.8, 4) is 0 Å². The minimum atomic E-state index is -0.104. The van der Waals surface area contributed by atoms with E-state index in [9.17, 15) is 0 Å². The van der Waals surface area contributed by atoms with Gasteiger partial charge in [-0.25, -0.2) is 4.99 Å². The van der Waals surface area contributed by atoms with Crippen molar-refractivity contribution in [1.82, 2.24) is 10.6 Å². The summed E-state index contributed by atoms with van der Waals surface area (Å²) in [6.45, 7) is 5.96. The molecule has 3 rings (SSSR count). The molecule has 29 heavy (non-hydrogen) atoms. The van der Waals surface area contributed by atoms with Crippen molar-refractivity contribution in [3.63, 3.8) is 0 Å². The van der Waals surface area contributed by atoms with Crippen LogP contribution < -0.4 is 16.0 Å². The molecule has 154 valence electrons. The number of para-hydroxylation sites is 1. The molecule has 5 nitrogen and oxygen atoms in total. The normalized spacial score (nSPS) is 17.1. The van der Waals surface area contributed by atoms with Crippen LogP contribution >= 0.6 is 0 Å². The van der Waals surface area contributed by atoms with Crippen molar-refractivity contribution in [3.05, 3.63) is 77.5 Å². The van der Waals surface area contributed by atoms with Crippen molar-refractivity contribution < 1.29 is 4.74 Å². The third-order valence-corrected chi connectivity index (χ3v) is 4.94. The van der Waals surface area contributed by atoms with Gasteiger partial charge in [0.1, 0.15) is 12.0 Å². The van der Waals surface area contributed by atoms with Crippen LogP contribution in [0.2, 0.25) is 0 Å². The molecule has 0 aromatic heterocycles. The summed E-state index contributed by atoms with van der Waals surface area (Å²) in [6, 6.07) is 18.9. The van der Waals surface area contributed by atoms with Gasteiger partial charge in [-0.15, -0.1) is 0 Å². The number of rotatable bonds is 9. The maximum absolute atomic E-state index is 5.20. The fraction of sp³-hybridized carbons (Fsp3) is 0.375. The van der Waals surface area contributed by atoms with Crippen molar-refractivity contribution >= 4 is 11.5 Å². The largest absolute Gasteiger partial charge is 0.385 e. The molecular formula is C24H32N4O. The molecule has 2 aromatic rings. The molecule has 0 radical (unpaired) electrons. The lowest BCUT2D eigenvalue weighted by molar-refractivity contribution is 0.190. The van der Waals surface area contributed by atoms with Crippen molar-refractivity contribution in [2.45, 2.75) is 38.9 Å². The Balaban J connectivity index is 1.81. The number of hydrogen-bond acceptors (Lipinski definition) is 5. The first-order chi connectivity index (χ1) is 14.2. The number of aliphatic imine (C=N–C) groups is 1. The number of fused-ring (bicyclic) bond motifs is 1. The van der Waals surface area contributed by atoms with Gasteiger partial charge in [-0.05, 0) is 50.1 Å². The van der Waals surface area contributed by atoms with Crippen LogP contribution in [0.1, 0.15) is 44.0 Å². The van der Waals surface area contributed by atoms with Gasteiger partial charge in [0.2, 0.25) is 0 Å². The Morgan fingerprint density at radius 1 is 1.17 bits per heavy atom. The van der Waals surface area contributed by atoms with Crippen molar-refractivity contribution in [2.24, 2.45) is 4.99 Å². The lowest BCUT2D eigenvalue weighted by Crippen LogP contribution is -2.32. The van der Waals surface area contributed by atoms with Crippen LogP contribution in [0.3, 0.4) is 0 Å². The molecule has 0 saturated heterocycles. The van der Waals surface area contributed by atoms with Gasteiger partial charge in [-0.2, -0.15) is 0 Å². The van der Waals surface area contributed by atoms with Gasteiger partial charge in [0.15, 0.2) is 0 Å². The van der Waals surface area contributed by atoms with Crippen LogP contribution in [-0.2, 0) is 4.74 Å². The molecule has 1 aliphatic rings. The van der Waals surface area contributed by atoms with E-state index in [0.717, 1.165) is 54.3 Å². The van der Waals surface area contributed by atoms with Crippen LogP contribution in [0.25, 0.3) is 0 Å². The highest BCUT2D eigenvalue weighted by Gasteiger charge is 2.21. The zero-order chi connectivity index (χ0) is 20.5. The minimum Gasteiger partial charge on any atom is -0.385 e. The average molecular weight is 393 g/mol. The van der Waals surface area contributed by atoms with Gasteiger partial charge in [0.05, 0.1) is 0 Å². The first-order valence-electron chi connectivity index (χ1n) is 10.4. The number of allylic oxidation sites excluding steroid dienone is 1. The Labute approximate surface area is 174 Å². The summed E-state index contributed by atoms with van der Waals surface area (Å²) in [5.74, 6) is 0.897. The van der Waals surface area contributed by atoms with Crippen LogP contribution in [0.15, 0.2) is 71.4 Å². The van der Waals surface area contributed by atoms with Gasteiger partial charge in [0.25, 0.3) is 0 Å². The second-order valence-corrected chi connectivity index (χ2v) is 7.25. The zero-order valence-corrected chi connectivity index (χ0v) is 17.6. The SMILES string of the molecule is CCNC(/C=C(\C)NC1=NC(c2ccccc2)Nc2ccccc21)CCCOC. The Morgan fingerprint density at radius 3 is 2.69 bits per heavy atom. The number of nitrogens with zero attached hydrogens (tertiary/aromatic N) is 1. The molecular weight excluding hydrogens is 360 g/mol. The molecule has 0 bridgehead atoms. The van der Waals surface area contributed by atoms with E-state index >= 15 is 0 Å². The van der Waals surface area contributed by atoms with Gasteiger partial charge in [0, 0.05) is 36.7 Å². The van der Waals surface area contributed by atoms with E-state index in [4.69, 9.17) is 9.73 Å². The molecule has 5 heteroatoms. The maximum Gasteiger partial charge on any atom is 0.147 e. The number of anilines is 1. The van der Waals surface area contributed by atoms with E-state index in [0.29, 0.717) is 6.04 Å². The number of methoxy groups -OCH3 is 1. The molecule has 0 spiro atoms. The van der Waals surface area contributed by atoms with Crippen molar-refractivity contribution in [1.29, 1.82) is 0 Å². The highest BCUT2D eigenvalue weighted by Crippen LogP contribution is 2.29. The predicted octanol–water partition coefficient (Wildman–Crippen LogP) is 4.46. The van der Waals surface area contributed by atoms with Gasteiger partial charge in [-0.3, -0.25) is 0 Å². The molecule has 2 unspecified atom stereocenters. The van der Waals surface area contributed by atoms with Gasteiger partial charge >= 0.3 is 0 Å². The molecule has 0 aliphatic carbocycles. The highest BCUT2D eigenvalue weighted by atomic mass is 16.5. The Kier molecular flexibility index (Phi) is 7.85. The first-order valence-corrected chi connectivity index (χ1v) is 10.4. The van der Waals surface area contributed by atoms with E-state index in [1.807, 2.05) is 24.3 Å². The predicted molar refractivity (Wildman–Crippen MR) is 121 cm³/mol. The van der Waals surface area contributed by atoms with Crippen LogP contribution in [-0.4, -0.2) is 32.1 Å². The molecule has 0 saturated carbocycles. The smallest absolute Gasteiger partial charge is 0.147 e. The maximum atomic E-state index is 5.20. The lowest BCUT2D eigenvalue weighted by Gasteiger charge is -2.27. The molecule has 3 N–H and O–H groups in total. The van der Waals surface area contributed by atoms with Crippen LogP contribution in [0.5, 0.6) is 0 Å². The zero-order valence-electron chi connectivity index (χ0n) is 17.6. The summed E-state index contributed by atoms with van der Waals surface area (Å²) in [5.41, 5.74) is 4.42. The molecule has 0 fully saturated rings. The first kappa shape index (κ1) is 21.1. The summed E-state index contributed by atoms with van der Waals surface area (Å²) in [6.07, 6.45) is 4.22. The minimum absolute atomic E-state index is 0.104. The standard InChI is InChI=1S/C24H32N4O/c1-4-25-20(13-10-16-29-3)17-18(2)26-24-21-14-8-9-15-22(21)27-23(28-24)19-11-6-5-7-12-19/h5-9,11-12,14-15,17,20,23,25,27H,4,10,13,16H2,1-3H3,(H,26,28)/b18-17+. The number of amidine groups is 1. The third kappa shape index (κ3) is 5.92. The summed E-state index contributed by atoms with van der Waals surface area (Å²) < 4.78 is 5.20. The second kappa shape index (κ2) is 10.8. The molecule has 1 heterocycles. The Morgan fingerprint density at radius 2 is 1.93 bits per heavy atom. The Bertz CT molecular complexity index is 832. The summed E-state index contributed by atoms with van der Waals surface area (Å²) in [7, 11) is 1.75. The average Bonchev–Trinajstić information content (AvgIpc) is 2.74. The third-order valence-electron chi connectivity index (χ3n) is 4.94. The second-order valence-electron chi connectivity index (χ2n) is 7.25. The van der Waals surface area contributed by atoms with E-state index in [-0.39, 0.29) is 6.17 Å². The van der Waals surface area contributed by atoms with Crippen LogP contribution in [0, 0.1) is 0 Å². The Hall–Kier alpha value is -2.63. The number of likely N-dealkylation sites (N-methyl/N-ethyl adjacent to an activating group) is 1. The van der Waals surface area contributed by atoms with Gasteiger partial charge < -0.3 is 20.7 Å². The fourth-order valence-electron chi connectivity index (χ4n) is 3.57. The molecule has 0 amide bonds. The van der Waals surface area contributed by atoms with Gasteiger partial charge in [-0.1, -0.05) is 49.4 Å². The molecule has 2 aromatic carbocycles. The van der Waals surface area contributed by atoms with E-state index < -0.39 is 0 Å². The monoisotopic (exact) mass is 392 g/mol. The summed E-state index contributed by atoms with van der Waals surface area (Å²) >= 11 is 0. The van der Waals surface area contributed by atoms with Crippen LogP contribution in [0.4, 0.5) is 5.69 Å². The number of nitrogens with one attached hydrogen (secondary N) is 3. The summed E-state index contributed by atoms with van der Waals surface area (Å²) in [5, 5.41) is 10.6. The topological polar surface area (TPSA) is 57.7 Å². The number of hydrogen-bond donors (Lipinski definition) is 3.